The fourth-order valence-corrected chi connectivity index (χ4v) is 3.44. The second-order valence-electron chi connectivity index (χ2n) is 6.16. The summed E-state index contributed by atoms with van der Waals surface area (Å²) in [6.45, 7) is 3.95. The molecular weight excluding hydrogens is 368 g/mol. The number of benzene rings is 2. The Morgan fingerprint density at radius 3 is 2.48 bits per heavy atom. The first-order chi connectivity index (χ1) is 12.8. The van der Waals surface area contributed by atoms with Gasteiger partial charge in [-0.25, -0.2) is 8.42 Å². The fourth-order valence-electron chi connectivity index (χ4n) is 2.39. The van der Waals surface area contributed by atoms with Crippen molar-refractivity contribution in [3.05, 3.63) is 54.1 Å². The van der Waals surface area contributed by atoms with Crippen LogP contribution in [0.4, 0.5) is 5.69 Å². The number of nitrogens with one attached hydrogen (secondary N) is 2. The summed E-state index contributed by atoms with van der Waals surface area (Å²) in [4.78, 5) is 11.9. The SMILES string of the molecule is COC[C@H](C)NC(=O)COc1ccc(S(=O)(=O)Nc2cccc(C)c2)cc1. The van der Waals surface area contributed by atoms with E-state index in [1.807, 2.05) is 19.9 Å². The Bertz CT molecular complexity index is 866. The number of hydrogen-bond donors (Lipinski definition) is 2. The number of sulfonamides is 1. The summed E-state index contributed by atoms with van der Waals surface area (Å²) in [5, 5.41) is 2.72. The van der Waals surface area contributed by atoms with E-state index in [1.165, 1.54) is 24.3 Å². The normalized spacial score (nSPS) is 12.3. The van der Waals surface area contributed by atoms with E-state index in [2.05, 4.69) is 10.0 Å². The predicted molar refractivity (Wildman–Crippen MR) is 103 cm³/mol. The third kappa shape index (κ3) is 6.58. The summed E-state index contributed by atoms with van der Waals surface area (Å²) < 4.78 is 37.7. The predicted octanol–water partition coefficient (Wildman–Crippen LogP) is 2.33. The Kier molecular flexibility index (Phi) is 7.20. The van der Waals surface area contributed by atoms with Gasteiger partial charge in [-0.15, -0.1) is 0 Å². The lowest BCUT2D eigenvalue weighted by Crippen LogP contribution is -2.38. The van der Waals surface area contributed by atoms with Gasteiger partial charge < -0.3 is 14.8 Å². The number of anilines is 1. The van der Waals surface area contributed by atoms with Crippen molar-refractivity contribution in [2.75, 3.05) is 25.0 Å². The number of aryl methyl sites for hydroxylation is 1. The highest BCUT2D eigenvalue weighted by molar-refractivity contribution is 7.92. The second kappa shape index (κ2) is 9.38. The lowest BCUT2D eigenvalue weighted by Gasteiger charge is -2.13. The van der Waals surface area contributed by atoms with E-state index in [0.717, 1.165) is 5.56 Å². The van der Waals surface area contributed by atoms with E-state index in [4.69, 9.17) is 9.47 Å². The van der Waals surface area contributed by atoms with Crippen molar-refractivity contribution in [1.29, 1.82) is 0 Å². The van der Waals surface area contributed by atoms with Crippen LogP contribution in [-0.2, 0) is 19.6 Å². The first-order valence-corrected chi connectivity index (χ1v) is 9.89. The Hall–Kier alpha value is -2.58. The molecule has 1 atom stereocenters. The number of carbonyl (C=O) groups is 1. The molecule has 2 aromatic rings. The third-order valence-corrected chi connectivity index (χ3v) is 5.00. The Morgan fingerprint density at radius 1 is 1.15 bits per heavy atom. The van der Waals surface area contributed by atoms with Crippen LogP contribution in [0.3, 0.4) is 0 Å². The summed E-state index contributed by atoms with van der Waals surface area (Å²) >= 11 is 0. The molecule has 0 heterocycles. The molecule has 0 aliphatic heterocycles. The van der Waals surface area contributed by atoms with E-state index in [0.29, 0.717) is 18.0 Å². The van der Waals surface area contributed by atoms with Crippen molar-refractivity contribution >= 4 is 21.6 Å². The minimum Gasteiger partial charge on any atom is -0.484 e. The maximum absolute atomic E-state index is 12.4. The van der Waals surface area contributed by atoms with Crippen molar-refractivity contribution in [3.63, 3.8) is 0 Å². The first-order valence-electron chi connectivity index (χ1n) is 8.41. The highest BCUT2D eigenvalue weighted by Gasteiger charge is 2.14. The molecule has 0 saturated carbocycles. The van der Waals surface area contributed by atoms with Crippen molar-refractivity contribution in [2.45, 2.75) is 24.8 Å². The van der Waals surface area contributed by atoms with E-state index in [9.17, 15) is 13.2 Å². The lowest BCUT2D eigenvalue weighted by molar-refractivity contribution is -0.124. The van der Waals surface area contributed by atoms with Gasteiger partial charge in [0, 0.05) is 18.8 Å². The second-order valence-corrected chi connectivity index (χ2v) is 7.84. The number of ether oxygens (including phenoxy) is 2. The monoisotopic (exact) mass is 392 g/mol. The summed E-state index contributed by atoms with van der Waals surface area (Å²) in [5.74, 6) is 0.122. The van der Waals surface area contributed by atoms with Gasteiger partial charge in [0.05, 0.1) is 11.5 Å². The van der Waals surface area contributed by atoms with Gasteiger partial charge in [-0.2, -0.15) is 0 Å². The molecule has 1 amide bonds. The molecule has 7 nitrogen and oxygen atoms in total. The molecule has 0 bridgehead atoms. The molecule has 27 heavy (non-hydrogen) atoms. The van der Waals surface area contributed by atoms with E-state index < -0.39 is 10.0 Å². The van der Waals surface area contributed by atoms with Gasteiger partial charge in [0.2, 0.25) is 0 Å². The van der Waals surface area contributed by atoms with E-state index in [-0.39, 0.29) is 23.5 Å². The van der Waals surface area contributed by atoms with Crippen LogP contribution in [0.15, 0.2) is 53.4 Å². The van der Waals surface area contributed by atoms with E-state index >= 15 is 0 Å². The summed E-state index contributed by atoms with van der Waals surface area (Å²) in [7, 11) is -2.14. The molecule has 8 heteroatoms. The van der Waals surface area contributed by atoms with Crippen LogP contribution in [0.5, 0.6) is 5.75 Å². The zero-order valence-corrected chi connectivity index (χ0v) is 16.4. The largest absolute Gasteiger partial charge is 0.484 e. The molecule has 0 fully saturated rings. The Morgan fingerprint density at radius 2 is 1.85 bits per heavy atom. The third-order valence-electron chi connectivity index (χ3n) is 3.60. The number of hydrogen-bond acceptors (Lipinski definition) is 5. The summed E-state index contributed by atoms with van der Waals surface area (Å²) in [5.41, 5.74) is 1.45. The zero-order valence-electron chi connectivity index (χ0n) is 15.6. The molecule has 0 aromatic heterocycles. The number of carbonyl (C=O) groups excluding carboxylic acids is 1. The van der Waals surface area contributed by atoms with E-state index in [1.54, 1.807) is 25.3 Å². The van der Waals surface area contributed by atoms with Crippen LogP contribution < -0.4 is 14.8 Å². The van der Waals surface area contributed by atoms with Gasteiger partial charge in [-0.3, -0.25) is 9.52 Å². The van der Waals surface area contributed by atoms with Crippen LogP contribution in [-0.4, -0.2) is 40.7 Å². The minimum atomic E-state index is -3.70. The zero-order chi connectivity index (χ0) is 19.9. The average molecular weight is 392 g/mol. The van der Waals surface area contributed by atoms with Crippen LogP contribution in [0, 0.1) is 6.92 Å². The average Bonchev–Trinajstić information content (AvgIpc) is 2.60. The quantitative estimate of drug-likeness (QED) is 0.683. The molecular formula is C19H24N2O5S. The molecule has 0 saturated heterocycles. The highest BCUT2D eigenvalue weighted by Crippen LogP contribution is 2.19. The molecule has 2 aromatic carbocycles. The Balaban J connectivity index is 1.95. The molecule has 146 valence electrons. The maximum atomic E-state index is 12.4. The number of amides is 1. The van der Waals surface area contributed by atoms with Gasteiger partial charge in [-0.05, 0) is 55.8 Å². The van der Waals surface area contributed by atoms with Crippen LogP contribution in [0.1, 0.15) is 12.5 Å². The molecule has 0 aliphatic rings. The molecule has 0 unspecified atom stereocenters. The number of methoxy groups -OCH3 is 1. The van der Waals surface area contributed by atoms with Gasteiger partial charge >= 0.3 is 0 Å². The topological polar surface area (TPSA) is 93.7 Å². The van der Waals surface area contributed by atoms with Crippen molar-refractivity contribution in [1.82, 2.24) is 5.32 Å². The van der Waals surface area contributed by atoms with Gasteiger partial charge in [0.15, 0.2) is 6.61 Å². The molecule has 2 N–H and O–H groups in total. The Labute approximate surface area is 159 Å². The van der Waals surface area contributed by atoms with Crippen molar-refractivity contribution in [3.8, 4) is 5.75 Å². The standard InChI is InChI=1S/C19H24N2O5S/c1-14-5-4-6-16(11-14)21-27(23,24)18-9-7-17(8-10-18)26-13-19(22)20-15(2)12-25-3/h4-11,15,21H,12-13H2,1-3H3,(H,20,22)/t15-/m0/s1. The smallest absolute Gasteiger partial charge is 0.261 e. The van der Waals surface area contributed by atoms with Crippen LogP contribution in [0.25, 0.3) is 0 Å². The summed E-state index contributed by atoms with van der Waals surface area (Å²) in [6.07, 6.45) is 0. The van der Waals surface area contributed by atoms with Crippen LogP contribution >= 0.6 is 0 Å². The van der Waals surface area contributed by atoms with Crippen molar-refractivity contribution in [2.24, 2.45) is 0 Å². The van der Waals surface area contributed by atoms with Gasteiger partial charge in [-0.1, -0.05) is 12.1 Å². The highest BCUT2D eigenvalue weighted by atomic mass is 32.2. The van der Waals surface area contributed by atoms with Crippen molar-refractivity contribution < 1.29 is 22.7 Å². The fraction of sp³-hybridized carbons (Fsp3) is 0.316. The van der Waals surface area contributed by atoms with Crippen LogP contribution in [0.2, 0.25) is 0 Å². The molecule has 2 rings (SSSR count). The molecule has 0 aliphatic carbocycles. The molecule has 0 spiro atoms. The lowest BCUT2D eigenvalue weighted by atomic mass is 10.2. The maximum Gasteiger partial charge on any atom is 0.261 e. The molecule has 0 radical (unpaired) electrons. The first kappa shape index (κ1) is 20.7. The number of rotatable bonds is 9. The summed E-state index contributed by atoms with van der Waals surface area (Å²) in [6, 6.07) is 12.9. The van der Waals surface area contributed by atoms with Gasteiger partial charge in [0.25, 0.3) is 15.9 Å². The van der Waals surface area contributed by atoms with Gasteiger partial charge in [0.1, 0.15) is 5.75 Å². The minimum absolute atomic E-state index is 0.106.